The Balaban J connectivity index is 2.20. The second-order valence-electron chi connectivity index (χ2n) is 4.90. The van der Waals surface area contributed by atoms with Crippen LogP contribution in [0.4, 0.5) is 0 Å². The predicted octanol–water partition coefficient (Wildman–Crippen LogP) is 3.17. The molecule has 19 heavy (non-hydrogen) atoms. The minimum atomic E-state index is -0.560. The van der Waals surface area contributed by atoms with Crippen molar-refractivity contribution in [3.63, 3.8) is 0 Å². The highest BCUT2D eigenvalue weighted by molar-refractivity contribution is 5.31. The molecule has 0 aromatic heterocycles. The first kappa shape index (κ1) is 16.2. The van der Waals surface area contributed by atoms with Crippen LogP contribution in [0.2, 0.25) is 0 Å². The fraction of sp³-hybridized carbons (Fsp3) is 0.625. The van der Waals surface area contributed by atoms with Crippen LogP contribution >= 0.6 is 0 Å². The SMILES string of the molecule is CCCCOCCOCC(O)c1ccc(C)c(C)c1. The highest BCUT2D eigenvalue weighted by atomic mass is 16.5. The third kappa shape index (κ3) is 6.19. The van der Waals surface area contributed by atoms with E-state index in [2.05, 4.69) is 13.8 Å². The summed E-state index contributed by atoms with van der Waals surface area (Å²) in [6.07, 6.45) is 1.67. The smallest absolute Gasteiger partial charge is 0.102 e. The second-order valence-corrected chi connectivity index (χ2v) is 4.90. The molecule has 0 amide bonds. The molecule has 1 unspecified atom stereocenters. The van der Waals surface area contributed by atoms with E-state index in [-0.39, 0.29) is 0 Å². The Hall–Kier alpha value is -0.900. The van der Waals surface area contributed by atoms with Gasteiger partial charge in [0, 0.05) is 6.61 Å². The van der Waals surface area contributed by atoms with E-state index in [4.69, 9.17) is 9.47 Å². The van der Waals surface area contributed by atoms with Crippen molar-refractivity contribution in [3.8, 4) is 0 Å². The highest BCUT2D eigenvalue weighted by Crippen LogP contribution is 2.17. The fourth-order valence-corrected chi connectivity index (χ4v) is 1.73. The van der Waals surface area contributed by atoms with Crippen LogP contribution in [0, 0.1) is 13.8 Å². The van der Waals surface area contributed by atoms with Crippen molar-refractivity contribution < 1.29 is 14.6 Å². The molecule has 0 bridgehead atoms. The average molecular weight is 266 g/mol. The molecule has 1 atom stereocenters. The van der Waals surface area contributed by atoms with Crippen LogP contribution in [-0.2, 0) is 9.47 Å². The number of hydrogen-bond acceptors (Lipinski definition) is 3. The molecular formula is C16H26O3. The average Bonchev–Trinajstić information content (AvgIpc) is 2.40. The molecule has 0 saturated heterocycles. The maximum absolute atomic E-state index is 10.0. The van der Waals surface area contributed by atoms with Gasteiger partial charge in [-0.1, -0.05) is 31.5 Å². The quantitative estimate of drug-likeness (QED) is 0.698. The zero-order chi connectivity index (χ0) is 14.1. The van der Waals surface area contributed by atoms with E-state index in [9.17, 15) is 5.11 Å². The van der Waals surface area contributed by atoms with Gasteiger partial charge in [0.05, 0.1) is 19.8 Å². The van der Waals surface area contributed by atoms with Crippen molar-refractivity contribution in [2.75, 3.05) is 26.4 Å². The zero-order valence-electron chi connectivity index (χ0n) is 12.3. The van der Waals surface area contributed by atoms with Gasteiger partial charge in [-0.25, -0.2) is 0 Å². The Morgan fingerprint density at radius 1 is 1.05 bits per heavy atom. The third-order valence-electron chi connectivity index (χ3n) is 3.21. The molecule has 0 aliphatic carbocycles. The molecule has 1 N–H and O–H groups in total. The molecule has 1 rings (SSSR count). The summed E-state index contributed by atoms with van der Waals surface area (Å²) in [5.74, 6) is 0. The summed E-state index contributed by atoms with van der Waals surface area (Å²) < 4.78 is 10.8. The maximum atomic E-state index is 10.0. The number of hydrogen-bond donors (Lipinski definition) is 1. The van der Waals surface area contributed by atoms with Crippen molar-refractivity contribution >= 4 is 0 Å². The van der Waals surface area contributed by atoms with Crippen LogP contribution in [0.25, 0.3) is 0 Å². The summed E-state index contributed by atoms with van der Waals surface area (Å²) in [5, 5.41) is 10.0. The first-order valence-corrected chi connectivity index (χ1v) is 7.05. The van der Waals surface area contributed by atoms with Crippen molar-refractivity contribution in [2.24, 2.45) is 0 Å². The van der Waals surface area contributed by atoms with Crippen LogP contribution < -0.4 is 0 Å². The maximum Gasteiger partial charge on any atom is 0.102 e. The molecule has 3 heteroatoms. The normalized spacial score (nSPS) is 12.6. The minimum absolute atomic E-state index is 0.319. The Labute approximate surface area is 116 Å². The molecule has 3 nitrogen and oxygen atoms in total. The summed E-state index contributed by atoms with van der Waals surface area (Å²) in [6, 6.07) is 6.00. The number of rotatable bonds is 9. The summed E-state index contributed by atoms with van der Waals surface area (Å²) in [7, 11) is 0. The van der Waals surface area contributed by atoms with E-state index >= 15 is 0 Å². The van der Waals surface area contributed by atoms with Crippen LogP contribution in [-0.4, -0.2) is 31.5 Å². The summed E-state index contributed by atoms with van der Waals surface area (Å²) in [5.41, 5.74) is 3.34. The first-order valence-electron chi connectivity index (χ1n) is 7.05. The largest absolute Gasteiger partial charge is 0.386 e. The van der Waals surface area contributed by atoms with Gasteiger partial charge in [0.1, 0.15) is 6.10 Å². The first-order chi connectivity index (χ1) is 9.15. The Kier molecular flexibility index (Phi) is 7.72. The molecule has 0 aliphatic rings. The van der Waals surface area contributed by atoms with E-state index in [1.807, 2.05) is 25.1 Å². The Bertz CT molecular complexity index is 363. The van der Waals surface area contributed by atoms with Crippen molar-refractivity contribution in [2.45, 2.75) is 39.7 Å². The van der Waals surface area contributed by atoms with E-state index in [1.54, 1.807) is 0 Å². The molecule has 1 aromatic carbocycles. The third-order valence-corrected chi connectivity index (χ3v) is 3.21. The monoisotopic (exact) mass is 266 g/mol. The Morgan fingerprint density at radius 2 is 1.79 bits per heavy atom. The molecule has 1 aromatic rings. The molecule has 0 heterocycles. The highest BCUT2D eigenvalue weighted by Gasteiger charge is 2.08. The van der Waals surface area contributed by atoms with Gasteiger partial charge < -0.3 is 14.6 Å². The number of ether oxygens (including phenoxy) is 2. The summed E-state index contributed by atoms with van der Waals surface area (Å²) in [6.45, 7) is 8.49. The minimum Gasteiger partial charge on any atom is -0.386 e. The Morgan fingerprint density at radius 3 is 2.47 bits per heavy atom. The van der Waals surface area contributed by atoms with E-state index in [1.165, 1.54) is 11.1 Å². The van der Waals surface area contributed by atoms with Gasteiger partial charge in [0.2, 0.25) is 0 Å². The molecule has 108 valence electrons. The fourth-order valence-electron chi connectivity index (χ4n) is 1.73. The van der Waals surface area contributed by atoms with Gasteiger partial charge >= 0.3 is 0 Å². The van der Waals surface area contributed by atoms with Gasteiger partial charge in [0.15, 0.2) is 0 Å². The standard InChI is InChI=1S/C16H26O3/c1-4-5-8-18-9-10-19-12-16(17)15-7-6-13(2)14(3)11-15/h6-7,11,16-17H,4-5,8-10,12H2,1-3H3. The predicted molar refractivity (Wildman–Crippen MR) is 77.4 cm³/mol. The number of aryl methyl sites for hydroxylation is 2. The topological polar surface area (TPSA) is 38.7 Å². The van der Waals surface area contributed by atoms with Crippen LogP contribution in [0.3, 0.4) is 0 Å². The summed E-state index contributed by atoms with van der Waals surface area (Å²) in [4.78, 5) is 0. The van der Waals surface area contributed by atoms with Crippen LogP contribution in [0.15, 0.2) is 18.2 Å². The lowest BCUT2D eigenvalue weighted by atomic mass is 10.0. The number of aliphatic hydroxyl groups excluding tert-OH is 1. The van der Waals surface area contributed by atoms with Crippen molar-refractivity contribution in [1.29, 1.82) is 0 Å². The molecule has 0 spiro atoms. The number of unbranched alkanes of at least 4 members (excludes halogenated alkanes) is 1. The van der Waals surface area contributed by atoms with E-state index < -0.39 is 6.10 Å². The van der Waals surface area contributed by atoms with Crippen molar-refractivity contribution in [3.05, 3.63) is 34.9 Å². The zero-order valence-corrected chi connectivity index (χ0v) is 12.3. The molecule has 0 saturated carbocycles. The lowest BCUT2D eigenvalue weighted by Crippen LogP contribution is -2.11. The van der Waals surface area contributed by atoms with Gasteiger partial charge in [-0.3, -0.25) is 0 Å². The van der Waals surface area contributed by atoms with Gasteiger partial charge in [-0.05, 0) is 37.0 Å². The van der Waals surface area contributed by atoms with Crippen molar-refractivity contribution in [1.82, 2.24) is 0 Å². The van der Waals surface area contributed by atoms with Crippen LogP contribution in [0.5, 0.6) is 0 Å². The molecule has 0 fully saturated rings. The molecular weight excluding hydrogens is 240 g/mol. The van der Waals surface area contributed by atoms with Crippen LogP contribution in [0.1, 0.15) is 42.6 Å². The van der Waals surface area contributed by atoms with Gasteiger partial charge in [-0.15, -0.1) is 0 Å². The lowest BCUT2D eigenvalue weighted by molar-refractivity contribution is 0.00273. The van der Waals surface area contributed by atoms with E-state index in [0.717, 1.165) is 25.0 Å². The van der Waals surface area contributed by atoms with E-state index in [0.29, 0.717) is 19.8 Å². The van der Waals surface area contributed by atoms with Gasteiger partial charge in [0.25, 0.3) is 0 Å². The second kappa shape index (κ2) is 9.08. The number of benzene rings is 1. The molecule has 0 aliphatic heterocycles. The summed E-state index contributed by atoms with van der Waals surface area (Å²) >= 11 is 0. The number of aliphatic hydroxyl groups is 1. The molecule has 0 radical (unpaired) electrons. The van der Waals surface area contributed by atoms with Gasteiger partial charge in [-0.2, -0.15) is 0 Å². The lowest BCUT2D eigenvalue weighted by Gasteiger charge is -2.13.